The Morgan fingerprint density at radius 1 is 1.12 bits per heavy atom. The molecule has 2 aromatic rings. The van der Waals surface area contributed by atoms with Gasteiger partial charge in [0.25, 0.3) is 5.91 Å². The Morgan fingerprint density at radius 3 is 2.58 bits per heavy atom. The number of aromatic nitrogens is 1. The zero-order valence-corrected chi connectivity index (χ0v) is 14.4. The van der Waals surface area contributed by atoms with Gasteiger partial charge in [0.1, 0.15) is 0 Å². The smallest absolute Gasteiger partial charge is 0.253 e. The molecule has 1 aliphatic heterocycles. The number of pyridine rings is 1. The number of hydrogen-bond donors (Lipinski definition) is 1. The number of rotatable bonds is 5. The van der Waals surface area contributed by atoms with E-state index in [9.17, 15) is 9.59 Å². The summed E-state index contributed by atoms with van der Waals surface area (Å²) >= 11 is 0. The second kappa shape index (κ2) is 7.12. The zero-order chi connectivity index (χ0) is 17.9. The molecule has 2 aliphatic rings. The van der Waals surface area contributed by atoms with Crippen LogP contribution in [0, 0.1) is 17.8 Å². The number of piperidine rings is 1. The lowest BCUT2D eigenvalue weighted by atomic mass is 10.2. The monoisotopic (exact) mass is 347 g/mol. The molecule has 1 aromatic carbocycles. The molecule has 2 atom stereocenters. The maximum absolute atomic E-state index is 12.4. The fourth-order valence-corrected chi connectivity index (χ4v) is 3.81. The third kappa shape index (κ3) is 3.52. The molecule has 2 fully saturated rings. The van der Waals surface area contributed by atoms with E-state index in [4.69, 9.17) is 0 Å². The molecule has 2 amide bonds. The fourth-order valence-electron chi connectivity index (χ4n) is 3.81. The first-order chi connectivity index (χ1) is 12.7. The second-order valence-electron chi connectivity index (χ2n) is 6.93. The summed E-state index contributed by atoms with van der Waals surface area (Å²) in [7, 11) is 0. The highest BCUT2D eigenvalue weighted by Gasteiger charge is 2.56. The van der Waals surface area contributed by atoms with Crippen LogP contribution in [0.5, 0.6) is 0 Å². The van der Waals surface area contributed by atoms with Gasteiger partial charge < -0.3 is 10.2 Å². The molecule has 5 nitrogen and oxygen atoms in total. The fraction of sp³-hybridized carbons (Fsp3) is 0.286. The summed E-state index contributed by atoms with van der Waals surface area (Å²) in [5.41, 5.74) is 1.65. The molecule has 132 valence electrons. The summed E-state index contributed by atoms with van der Waals surface area (Å²) < 4.78 is 0. The van der Waals surface area contributed by atoms with Crippen molar-refractivity contribution in [3.05, 3.63) is 72.1 Å². The van der Waals surface area contributed by atoms with E-state index in [1.807, 2.05) is 47.4 Å². The van der Waals surface area contributed by atoms with Crippen LogP contribution in [0.3, 0.4) is 0 Å². The van der Waals surface area contributed by atoms with Crippen molar-refractivity contribution in [3.8, 4) is 0 Å². The van der Waals surface area contributed by atoms with E-state index in [-0.39, 0.29) is 11.8 Å². The topological polar surface area (TPSA) is 62.3 Å². The maximum Gasteiger partial charge on any atom is 0.253 e. The van der Waals surface area contributed by atoms with Crippen LogP contribution in [0.4, 0.5) is 0 Å². The zero-order valence-electron chi connectivity index (χ0n) is 14.4. The number of amides is 2. The Bertz CT molecular complexity index is 808. The summed E-state index contributed by atoms with van der Waals surface area (Å²) in [4.78, 5) is 30.3. The summed E-state index contributed by atoms with van der Waals surface area (Å²) in [6.45, 7) is 2.27. The van der Waals surface area contributed by atoms with E-state index >= 15 is 0 Å². The van der Waals surface area contributed by atoms with Crippen LogP contribution >= 0.6 is 0 Å². The number of nitrogens with zero attached hydrogens (tertiary/aromatic N) is 2. The highest BCUT2D eigenvalue weighted by molar-refractivity contribution is 5.94. The minimum atomic E-state index is -0.0870. The van der Waals surface area contributed by atoms with Gasteiger partial charge in [0.05, 0.1) is 0 Å². The first kappa shape index (κ1) is 16.5. The molecule has 1 saturated carbocycles. The molecule has 1 aromatic heterocycles. The number of carbonyl (C=O) groups is 2. The molecule has 26 heavy (non-hydrogen) atoms. The van der Waals surface area contributed by atoms with Crippen molar-refractivity contribution in [2.24, 2.45) is 17.8 Å². The highest BCUT2D eigenvalue weighted by atomic mass is 16.2. The molecular weight excluding hydrogens is 326 g/mol. The van der Waals surface area contributed by atoms with Crippen LogP contribution in [-0.2, 0) is 4.79 Å². The number of carbonyl (C=O) groups excluding carboxylic acids is 2. The summed E-state index contributed by atoms with van der Waals surface area (Å²) in [6.07, 6.45) is 6.72. The van der Waals surface area contributed by atoms with Crippen molar-refractivity contribution in [2.45, 2.75) is 0 Å². The molecule has 2 unspecified atom stereocenters. The van der Waals surface area contributed by atoms with Gasteiger partial charge in [-0.25, -0.2) is 0 Å². The highest BCUT2D eigenvalue weighted by Crippen LogP contribution is 2.51. The van der Waals surface area contributed by atoms with Crippen molar-refractivity contribution < 1.29 is 9.59 Å². The van der Waals surface area contributed by atoms with Crippen molar-refractivity contribution in [3.63, 3.8) is 0 Å². The van der Waals surface area contributed by atoms with Gasteiger partial charge in [-0.2, -0.15) is 0 Å². The molecular formula is C21H21N3O2. The van der Waals surface area contributed by atoms with Gasteiger partial charge in [-0.3, -0.25) is 14.6 Å². The van der Waals surface area contributed by atoms with Crippen LogP contribution < -0.4 is 5.32 Å². The Kier molecular flexibility index (Phi) is 4.52. The Hall–Kier alpha value is -2.95. The minimum Gasteiger partial charge on any atom is -0.352 e. The van der Waals surface area contributed by atoms with E-state index in [2.05, 4.69) is 10.3 Å². The van der Waals surface area contributed by atoms with Gasteiger partial charge >= 0.3 is 0 Å². The predicted molar refractivity (Wildman–Crippen MR) is 99.1 cm³/mol. The lowest BCUT2D eigenvalue weighted by Gasteiger charge is -2.20. The molecule has 0 spiro atoms. The van der Waals surface area contributed by atoms with Crippen molar-refractivity contribution in [1.29, 1.82) is 0 Å². The van der Waals surface area contributed by atoms with Crippen LogP contribution in [0.1, 0.15) is 15.9 Å². The number of benzene rings is 1. The first-order valence-corrected chi connectivity index (χ1v) is 8.92. The summed E-state index contributed by atoms with van der Waals surface area (Å²) in [5, 5.41) is 2.97. The second-order valence-corrected chi connectivity index (χ2v) is 6.93. The Morgan fingerprint density at radius 2 is 1.88 bits per heavy atom. The van der Waals surface area contributed by atoms with Gasteiger partial charge in [-0.05, 0) is 47.6 Å². The molecule has 1 saturated heterocycles. The number of likely N-dealkylation sites (tertiary alicyclic amines) is 1. The molecule has 1 aliphatic carbocycles. The van der Waals surface area contributed by atoms with Gasteiger partial charge in [0, 0.05) is 43.7 Å². The Labute approximate surface area is 152 Å². The van der Waals surface area contributed by atoms with Crippen LogP contribution in [0.25, 0.3) is 6.08 Å². The third-order valence-corrected chi connectivity index (χ3v) is 5.30. The molecule has 1 N–H and O–H groups in total. The van der Waals surface area contributed by atoms with Crippen molar-refractivity contribution in [2.75, 3.05) is 19.6 Å². The molecule has 0 bridgehead atoms. The largest absolute Gasteiger partial charge is 0.352 e. The molecule has 0 radical (unpaired) electrons. The average molecular weight is 347 g/mol. The normalized spacial score (nSPS) is 23.7. The Balaban J connectivity index is 1.22. The van der Waals surface area contributed by atoms with Crippen LogP contribution in [-0.4, -0.2) is 41.3 Å². The predicted octanol–water partition coefficient (Wildman–Crippen LogP) is 2.23. The number of nitrogens with one attached hydrogen (secondary N) is 1. The van der Waals surface area contributed by atoms with E-state index in [0.29, 0.717) is 24.3 Å². The van der Waals surface area contributed by atoms with Gasteiger partial charge in [-0.1, -0.05) is 24.3 Å². The minimum absolute atomic E-state index is 0.0870. The van der Waals surface area contributed by atoms with Gasteiger partial charge in [-0.15, -0.1) is 0 Å². The molecule has 4 rings (SSSR count). The van der Waals surface area contributed by atoms with Crippen molar-refractivity contribution >= 4 is 17.9 Å². The third-order valence-electron chi connectivity index (χ3n) is 5.30. The molecule has 5 heteroatoms. The quantitative estimate of drug-likeness (QED) is 0.844. The summed E-state index contributed by atoms with van der Waals surface area (Å²) in [6, 6.07) is 13.2. The van der Waals surface area contributed by atoms with E-state index in [1.54, 1.807) is 24.5 Å². The standard InChI is InChI=1S/C21H21N3O2/c25-20(9-8-15-5-4-10-22-11-15)23-12-17-18-13-24(14-19(17)18)21(26)16-6-2-1-3-7-16/h1-11,17-19H,12-14H2,(H,23,25)/b9-8+. The van der Waals surface area contributed by atoms with Gasteiger partial charge in [0.15, 0.2) is 0 Å². The summed E-state index contributed by atoms with van der Waals surface area (Å²) in [5.74, 6) is 1.55. The van der Waals surface area contributed by atoms with Gasteiger partial charge in [0.2, 0.25) is 5.91 Å². The van der Waals surface area contributed by atoms with Crippen LogP contribution in [0.15, 0.2) is 60.9 Å². The number of hydrogen-bond acceptors (Lipinski definition) is 3. The first-order valence-electron chi connectivity index (χ1n) is 8.92. The maximum atomic E-state index is 12.4. The number of fused-ring (bicyclic) bond motifs is 1. The van der Waals surface area contributed by atoms with Crippen LogP contribution in [0.2, 0.25) is 0 Å². The van der Waals surface area contributed by atoms with Crippen molar-refractivity contribution in [1.82, 2.24) is 15.2 Å². The lowest BCUT2D eigenvalue weighted by Crippen LogP contribution is -2.33. The molecule has 2 heterocycles. The SMILES string of the molecule is O=C(/C=C/c1cccnc1)NCC1C2CN(C(=O)c3ccccc3)CC12. The van der Waals surface area contributed by atoms with E-state index in [1.165, 1.54) is 0 Å². The van der Waals surface area contributed by atoms with E-state index < -0.39 is 0 Å². The lowest BCUT2D eigenvalue weighted by molar-refractivity contribution is -0.116. The van der Waals surface area contributed by atoms with E-state index in [0.717, 1.165) is 24.2 Å². The average Bonchev–Trinajstić information content (AvgIpc) is 3.14.